The van der Waals surface area contributed by atoms with Gasteiger partial charge in [-0.2, -0.15) is 10.4 Å². The SMILES string of the molecule is N#Cc1cnn2c(-c3cc(NC4CCC4)c(-c4nnc(N5CCN(CC6CCN(c7ccccn7)CC6)CC5)s4)cn3)ccc2c1.O=C1CCCC(=O)N1. The molecule has 4 aliphatic rings. The number of piperidine rings is 2. The summed E-state index contributed by atoms with van der Waals surface area (Å²) < 4.78 is 1.84. The molecule has 8 heterocycles. The Kier molecular flexibility index (Phi) is 10.7. The first-order valence-corrected chi connectivity index (χ1v) is 19.8. The minimum absolute atomic E-state index is 0.138. The molecule has 278 valence electrons. The van der Waals surface area contributed by atoms with Gasteiger partial charge in [0.25, 0.3) is 0 Å². The lowest BCUT2D eigenvalue weighted by Crippen LogP contribution is -2.49. The molecular formula is C39H44N12O2S. The minimum Gasteiger partial charge on any atom is -0.382 e. The first-order valence-electron chi connectivity index (χ1n) is 18.9. The van der Waals surface area contributed by atoms with Crippen molar-refractivity contribution in [3.8, 4) is 28.0 Å². The minimum atomic E-state index is -0.138. The molecule has 5 aromatic rings. The predicted octanol–water partition coefficient (Wildman–Crippen LogP) is 5.00. The van der Waals surface area contributed by atoms with Crippen LogP contribution in [0.4, 0.5) is 16.6 Å². The molecule has 54 heavy (non-hydrogen) atoms. The third-order valence-electron chi connectivity index (χ3n) is 10.7. The number of nitriles is 1. The van der Waals surface area contributed by atoms with Crippen molar-refractivity contribution >= 4 is 45.3 Å². The van der Waals surface area contributed by atoms with E-state index < -0.39 is 0 Å². The highest BCUT2D eigenvalue weighted by Crippen LogP contribution is 2.37. The van der Waals surface area contributed by atoms with Crippen LogP contribution in [0.5, 0.6) is 0 Å². The van der Waals surface area contributed by atoms with Gasteiger partial charge in [-0.25, -0.2) is 9.50 Å². The molecule has 0 atom stereocenters. The summed E-state index contributed by atoms with van der Waals surface area (Å²) in [5, 5.41) is 30.9. The van der Waals surface area contributed by atoms with Crippen molar-refractivity contribution in [3.63, 3.8) is 0 Å². The highest BCUT2D eigenvalue weighted by molar-refractivity contribution is 7.18. The van der Waals surface area contributed by atoms with E-state index in [-0.39, 0.29) is 11.8 Å². The van der Waals surface area contributed by atoms with E-state index in [1.165, 1.54) is 38.6 Å². The topological polar surface area (TPSA) is 161 Å². The summed E-state index contributed by atoms with van der Waals surface area (Å²) in [6.07, 6.45) is 13.1. The van der Waals surface area contributed by atoms with Crippen molar-refractivity contribution < 1.29 is 9.59 Å². The molecule has 2 N–H and O–H groups in total. The van der Waals surface area contributed by atoms with Crippen molar-refractivity contribution in [2.24, 2.45) is 5.92 Å². The van der Waals surface area contributed by atoms with Gasteiger partial charge >= 0.3 is 0 Å². The molecule has 15 heteroatoms. The third kappa shape index (κ3) is 8.19. The number of imide groups is 1. The zero-order valence-corrected chi connectivity index (χ0v) is 31.0. The van der Waals surface area contributed by atoms with Gasteiger partial charge in [-0.15, -0.1) is 10.2 Å². The van der Waals surface area contributed by atoms with Crippen LogP contribution in [0.15, 0.2) is 61.1 Å². The van der Waals surface area contributed by atoms with Gasteiger partial charge in [0.15, 0.2) is 5.01 Å². The number of nitrogens with one attached hydrogen (secondary N) is 2. The molecule has 2 amide bonds. The van der Waals surface area contributed by atoms with Crippen LogP contribution in [-0.2, 0) is 9.59 Å². The fourth-order valence-corrected chi connectivity index (χ4v) is 8.35. The monoisotopic (exact) mass is 744 g/mol. The maximum Gasteiger partial charge on any atom is 0.226 e. The summed E-state index contributed by atoms with van der Waals surface area (Å²) in [5.74, 6) is 1.57. The van der Waals surface area contributed by atoms with Crippen molar-refractivity contribution in [2.45, 2.75) is 57.4 Å². The fraction of sp³-hybridized carbons (Fsp3) is 0.436. The number of carbonyl (C=O) groups excluding carboxylic acids is 2. The van der Waals surface area contributed by atoms with Crippen LogP contribution in [0.3, 0.4) is 0 Å². The van der Waals surface area contributed by atoms with Crippen molar-refractivity contribution in [1.82, 2.24) is 40.0 Å². The van der Waals surface area contributed by atoms with E-state index in [2.05, 4.69) is 69.9 Å². The van der Waals surface area contributed by atoms with E-state index in [0.717, 1.165) is 89.3 Å². The first kappa shape index (κ1) is 35.6. The number of hydrogen-bond donors (Lipinski definition) is 2. The summed E-state index contributed by atoms with van der Waals surface area (Å²) >= 11 is 1.65. The Morgan fingerprint density at radius 2 is 1.69 bits per heavy atom. The van der Waals surface area contributed by atoms with E-state index >= 15 is 0 Å². The lowest BCUT2D eigenvalue weighted by molar-refractivity contribution is -0.132. The average Bonchev–Trinajstić information content (AvgIpc) is 3.85. The maximum absolute atomic E-state index is 10.3. The van der Waals surface area contributed by atoms with E-state index in [4.69, 9.17) is 4.98 Å². The van der Waals surface area contributed by atoms with Gasteiger partial charge in [0, 0.05) is 82.8 Å². The van der Waals surface area contributed by atoms with Crippen LogP contribution in [0.2, 0.25) is 0 Å². The molecule has 1 aliphatic carbocycles. The van der Waals surface area contributed by atoms with Crippen LogP contribution < -0.4 is 20.4 Å². The second-order valence-corrected chi connectivity index (χ2v) is 15.4. The fourth-order valence-electron chi connectivity index (χ4n) is 7.43. The van der Waals surface area contributed by atoms with E-state index in [1.54, 1.807) is 17.5 Å². The smallest absolute Gasteiger partial charge is 0.226 e. The second kappa shape index (κ2) is 16.3. The Labute approximate surface area is 318 Å². The zero-order valence-electron chi connectivity index (χ0n) is 30.2. The van der Waals surface area contributed by atoms with Gasteiger partial charge in [0.05, 0.1) is 34.2 Å². The lowest BCUT2D eigenvalue weighted by atomic mass is 9.92. The van der Waals surface area contributed by atoms with Gasteiger partial charge in [-0.05, 0) is 80.8 Å². The molecule has 1 saturated carbocycles. The van der Waals surface area contributed by atoms with Crippen molar-refractivity contribution in [1.29, 1.82) is 5.26 Å². The Morgan fingerprint density at radius 1 is 0.870 bits per heavy atom. The summed E-state index contributed by atoms with van der Waals surface area (Å²) in [6, 6.07) is 16.7. The summed E-state index contributed by atoms with van der Waals surface area (Å²) in [6.45, 7) is 7.38. The average molecular weight is 745 g/mol. The molecule has 5 aromatic heterocycles. The van der Waals surface area contributed by atoms with E-state index in [1.807, 2.05) is 41.2 Å². The lowest BCUT2D eigenvalue weighted by Gasteiger charge is -2.39. The van der Waals surface area contributed by atoms with Gasteiger partial charge in [-0.1, -0.05) is 17.4 Å². The number of anilines is 3. The molecule has 9 rings (SSSR count). The standard InChI is InChI=1S/C34H37N11S.C5H7NO2/c35-20-25-18-27-7-8-31(45(27)38-21-25)30-19-29(39-26-4-3-5-26)28(22-37-30)33-40-41-34(46-33)44-16-14-42(15-17-44)23-24-9-12-43(13-10-24)32-6-1-2-11-36-32;7-4-2-1-3-5(8)6-4/h1-2,6-8,11,18-19,21-22,24,26H,3-5,9-10,12-17,23H2,(H,37,39);1-3H2,(H,6,7,8). The molecule has 4 fully saturated rings. The normalized spacial score (nSPS) is 18.4. The Hall–Kier alpha value is -5.46. The molecule has 0 bridgehead atoms. The van der Waals surface area contributed by atoms with Crippen LogP contribution in [-0.4, -0.2) is 98.3 Å². The van der Waals surface area contributed by atoms with E-state index in [0.29, 0.717) is 30.9 Å². The van der Waals surface area contributed by atoms with Crippen LogP contribution in [0, 0.1) is 17.2 Å². The Bertz CT molecular complexity index is 2110. The number of fused-ring (bicyclic) bond motifs is 1. The van der Waals surface area contributed by atoms with E-state index in [9.17, 15) is 14.9 Å². The number of carbonyl (C=O) groups is 2. The number of aromatic nitrogens is 6. The zero-order chi connectivity index (χ0) is 36.9. The quantitative estimate of drug-likeness (QED) is 0.205. The molecule has 14 nitrogen and oxygen atoms in total. The summed E-state index contributed by atoms with van der Waals surface area (Å²) in [5.41, 5.74) is 5.13. The largest absolute Gasteiger partial charge is 0.382 e. The van der Waals surface area contributed by atoms with Gasteiger partial charge in [-0.3, -0.25) is 24.8 Å². The highest BCUT2D eigenvalue weighted by Gasteiger charge is 2.27. The number of rotatable bonds is 8. The number of pyridine rings is 2. The Morgan fingerprint density at radius 3 is 2.37 bits per heavy atom. The van der Waals surface area contributed by atoms with Crippen LogP contribution in [0.1, 0.15) is 56.9 Å². The van der Waals surface area contributed by atoms with Crippen LogP contribution >= 0.6 is 11.3 Å². The Balaban J connectivity index is 0.000000461. The summed E-state index contributed by atoms with van der Waals surface area (Å²) in [4.78, 5) is 37.5. The number of amides is 2. The van der Waals surface area contributed by atoms with Gasteiger partial charge < -0.3 is 15.1 Å². The molecule has 0 spiro atoms. The number of hydrogen-bond acceptors (Lipinski definition) is 13. The molecule has 3 aliphatic heterocycles. The molecule has 3 saturated heterocycles. The third-order valence-corrected chi connectivity index (χ3v) is 11.8. The van der Waals surface area contributed by atoms with Gasteiger partial charge in [0.1, 0.15) is 11.9 Å². The molecule has 0 radical (unpaired) electrons. The van der Waals surface area contributed by atoms with Crippen molar-refractivity contribution in [3.05, 3.63) is 66.6 Å². The maximum atomic E-state index is 10.3. The number of nitrogens with zero attached hydrogens (tertiary/aromatic N) is 10. The first-order chi connectivity index (χ1) is 26.5. The summed E-state index contributed by atoms with van der Waals surface area (Å²) in [7, 11) is 0. The van der Waals surface area contributed by atoms with Crippen LogP contribution in [0.25, 0.3) is 27.5 Å². The predicted molar refractivity (Wildman–Crippen MR) is 208 cm³/mol. The van der Waals surface area contributed by atoms with Gasteiger partial charge in [0.2, 0.25) is 16.9 Å². The number of piperazine rings is 1. The molecular weight excluding hydrogens is 701 g/mol. The highest BCUT2D eigenvalue weighted by atomic mass is 32.1. The van der Waals surface area contributed by atoms with Crippen molar-refractivity contribution in [2.75, 3.05) is 60.9 Å². The second-order valence-electron chi connectivity index (χ2n) is 14.4. The molecule has 0 aromatic carbocycles. The molecule has 0 unspecified atom stereocenters.